The fourth-order valence-corrected chi connectivity index (χ4v) is 5.17. The van der Waals surface area contributed by atoms with Crippen LogP contribution in [-0.4, -0.2) is 39.7 Å². The number of nitrogens with zero attached hydrogens (tertiary/aromatic N) is 2. The van der Waals surface area contributed by atoms with E-state index >= 15 is 0 Å². The summed E-state index contributed by atoms with van der Waals surface area (Å²) >= 11 is 0. The molecular formula is C21H28N2O2. The van der Waals surface area contributed by atoms with E-state index in [4.69, 9.17) is 0 Å². The van der Waals surface area contributed by atoms with Crippen molar-refractivity contribution < 1.29 is 9.59 Å². The van der Waals surface area contributed by atoms with Crippen molar-refractivity contribution in [2.75, 3.05) is 6.54 Å². The Bertz CT molecular complexity index is 653. The Morgan fingerprint density at radius 2 is 1.88 bits per heavy atom. The molecule has 1 aromatic rings. The van der Waals surface area contributed by atoms with Gasteiger partial charge in [-0.15, -0.1) is 0 Å². The van der Waals surface area contributed by atoms with Crippen LogP contribution in [0.4, 0.5) is 0 Å². The number of piperidine rings is 1. The van der Waals surface area contributed by atoms with Crippen LogP contribution < -0.4 is 0 Å². The Labute approximate surface area is 150 Å². The fraction of sp³-hybridized carbons (Fsp3) is 0.619. The molecule has 2 saturated heterocycles. The van der Waals surface area contributed by atoms with Crippen molar-refractivity contribution in [3.8, 4) is 0 Å². The maximum absolute atomic E-state index is 13.0. The Morgan fingerprint density at radius 1 is 1.16 bits per heavy atom. The van der Waals surface area contributed by atoms with Crippen LogP contribution >= 0.6 is 0 Å². The first-order valence-corrected chi connectivity index (χ1v) is 9.74. The summed E-state index contributed by atoms with van der Waals surface area (Å²) in [4.78, 5) is 29.9. The predicted molar refractivity (Wildman–Crippen MR) is 96.7 cm³/mol. The van der Waals surface area contributed by atoms with E-state index in [0.717, 1.165) is 32.2 Å². The smallest absolute Gasteiger partial charge is 0.226 e. The SMILES string of the molecule is C[C@]12CCN(C(=O)C3CCCC3)[C@H]1CCC(=O)N2Cc1ccccc1. The third-order valence-electron chi connectivity index (χ3n) is 6.67. The molecule has 2 atom stereocenters. The van der Waals surface area contributed by atoms with E-state index < -0.39 is 0 Å². The summed E-state index contributed by atoms with van der Waals surface area (Å²) in [5.41, 5.74) is 0.942. The summed E-state index contributed by atoms with van der Waals surface area (Å²) in [5, 5.41) is 0. The highest BCUT2D eigenvalue weighted by atomic mass is 16.2. The molecule has 1 saturated carbocycles. The molecule has 134 valence electrons. The summed E-state index contributed by atoms with van der Waals surface area (Å²) < 4.78 is 0. The normalized spacial score (nSPS) is 30.0. The van der Waals surface area contributed by atoms with E-state index in [1.54, 1.807) is 0 Å². The number of carbonyl (C=O) groups excluding carboxylic acids is 2. The minimum absolute atomic E-state index is 0.182. The number of fused-ring (bicyclic) bond motifs is 1. The van der Waals surface area contributed by atoms with E-state index in [2.05, 4.69) is 28.9 Å². The maximum atomic E-state index is 13.0. The lowest BCUT2D eigenvalue weighted by molar-refractivity contribution is -0.149. The van der Waals surface area contributed by atoms with Crippen molar-refractivity contribution in [2.45, 2.75) is 70.0 Å². The monoisotopic (exact) mass is 340 g/mol. The van der Waals surface area contributed by atoms with Crippen LogP contribution in [0, 0.1) is 5.92 Å². The summed E-state index contributed by atoms with van der Waals surface area (Å²) in [6, 6.07) is 10.4. The molecule has 2 aliphatic heterocycles. The van der Waals surface area contributed by atoms with Gasteiger partial charge in [-0.1, -0.05) is 43.2 Å². The molecule has 0 bridgehead atoms. The van der Waals surface area contributed by atoms with Gasteiger partial charge in [0, 0.05) is 25.4 Å². The minimum atomic E-state index is -0.223. The second kappa shape index (κ2) is 6.47. The van der Waals surface area contributed by atoms with Gasteiger partial charge in [0.1, 0.15) is 0 Å². The number of likely N-dealkylation sites (tertiary alicyclic amines) is 2. The van der Waals surface area contributed by atoms with Gasteiger partial charge in [-0.3, -0.25) is 9.59 Å². The van der Waals surface area contributed by atoms with Gasteiger partial charge in [0.15, 0.2) is 0 Å². The standard InChI is InChI=1S/C21H28N2O2/c1-21-13-14-22(20(25)17-9-5-6-10-17)18(21)11-12-19(24)23(21)15-16-7-3-2-4-8-16/h2-4,7-8,17-18H,5-6,9-15H2,1H3/t18-,21-/m0/s1. The Kier molecular flexibility index (Phi) is 4.30. The molecule has 0 aromatic heterocycles. The molecule has 4 rings (SSSR count). The van der Waals surface area contributed by atoms with E-state index in [9.17, 15) is 9.59 Å². The van der Waals surface area contributed by atoms with Crippen LogP contribution in [0.3, 0.4) is 0 Å². The largest absolute Gasteiger partial charge is 0.337 e. The molecule has 0 spiro atoms. The fourth-order valence-electron chi connectivity index (χ4n) is 5.17. The number of hydrogen-bond acceptors (Lipinski definition) is 2. The van der Waals surface area contributed by atoms with Crippen LogP contribution in [0.5, 0.6) is 0 Å². The van der Waals surface area contributed by atoms with Gasteiger partial charge in [0.05, 0.1) is 11.6 Å². The third kappa shape index (κ3) is 2.86. The Morgan fingerprint density at radius 3 is 2.60 bits per heavy atom. The van der Waals surface area contributed by atoms with Crippen molar-refractivity contribution in [3.63, 3.8) is 0 Å². The lowest BCUT2D eigenvalue weighted by Crippen LogP contribution is -2.61. The predicted octanol–water partition coefficient (Wildman–Crippen LogP) is 3.36. The van der Waals surface area contributed by atoms with Crippen molar-refractivity contribution >= 4 is 11.8 Å². The van der Waals surface area contributed by atoms with Crippen molar-refractivity contribution in [2.24, 2.45) is 5.92 Å². The highest BCUT2D eigenvalue weighted by molar-refractivity contribution is 5.82. The van der Waals surface area contributed by atoms with Crippen molar-refractivity contribution in [1.82, 2.24) is 9.80 Å². The minimum Gasteiger partial charge on any atom is -0.337 e. The van der Waals surface area contributed by atoms with Gasteiger partial charge < -0.3 is 9.80 Å². The topological polar surface area (TPSA) is 40.6 Å². The molecule has 25 heavy (non-hydrogen) atoms. The molecule has 0 unspecified atom stereocenters. The van der Waals surface area contributed by atoms with E-state index in [0.29, 0.717) is 18.9 Å². The van der Waals surface area contributed by atoms with Crippen LogP contribution in [-0.2, 0) is 16.1 Å². The summed E-state index contributed by atoms with van der Waals surface area (Å²) in [6.45, 7) is 3.65. The average Bonchev–Trinajstić information content (AvgIpc) is 3.26. The average molecular weight is 340 g/mol. The molecular weight excluding hydrogens is 312 g/mol. The lowest BCUT2D eigenvalue weighted by Gasteiger charge is -2.48. The third-order valence-corrected chi connectivity index (χ3v) is 6.67. The van der Waals surface area contributed by atoms with Crippen molar-refractivity contribution in [3.05, 3.63) is 35.9 Å². The number of rotatable bonds is 3. The van der Waals surface area contributed by atoms with Crippen LogP contribution in [0.15, 0.2) is 30.3 Å². The first-order chi connectivity index (χ1) is 12.1. The first-order valence-electron chi connectivity index (χ1n) is 9.74. The molecule has 3 fully saturated rings. The number of hydrogen-bond donors (Lipinski definition) is 0. The molecule has 2 amide bonds. The molecule has 1 aliphatic carbocycles. The molecule has 4 nitrogen and oxygen atoms in total. The second-order valence-corrected chi connectivity index (χ2v) is 8.14. The molecule has 0 N–H and O–H groups in total. The van der Waals surface area contributed by atoms with Gasteiger partial charge in [0.25, 0.3) is 0 Å². The van der Waals surface area contributed by atoms with E-state index in [1.165, 1.54) is 18.4 Å². The van der Waals surface area contributed by atoms with Gasteiger partial charge in [0.2, 0.25) is 11.8 Å². The van der Waals surface area contributed by atoms with Crippen LogP contribution in [0.25, 0.3) is 0 Å². The molecule has 0 radical (unpaired) electrons. The lowest BCUT2D eigenvalue weighted by atomic mass is 9.82. The van der Waals surface area contributed by atoms with Gasteiger partial charge >= 0.3 is 0 Å². The molecule has 1 aromatic carbocycles. The highest BCUT2D eigenvalue weighted by Crippen LogP contribution is 2.42. The highest BCUT2D eigenvalue weighted by Gasteiger charge is 2.53. The Hall–Kier alpha value is -1.84. The number of amides is 2. The Balaban J connectivity index is 1.56. The summed E-state index contributed by atoms with van der Waals surface area (Å²) in [5.74, 6) is 0.806. The molecule has 4 heteroatoms. The summed E-state index contributed by atoms with van der Waals surface area (Å²) in [6.07, 6.45) is 6.74. The molecule has 2 heterocycles. The maximum Gasteiger partial charge on any atom is 0.226 e. The number of carbonyl (C=O) groups is 2. The first kappa shape index (κ1) is 16.6. The summed E-state index contributed by atoms with van der Waals surface area (Å²) in [7, 11) is 0. The molecule has 3 aliphatic rings. The van der Waals surface area contributed by atoms with Crippen LogP contribution in [0.1, 0.15) is 57.4 Å². The van der Waals surface area contributed by atoms with Crippen molar-refractivity contribution in [1.29, 1.82) is 0 Å². The zero-order valence-corrected chi connectivity index (χ0v) is 15.1. The van der Waals surface area contributed by atoms with E-state index in [1.807, 2.05) is 18.2 Å². The van der Waals surface area contributed by atoms with Crippen LogP contribution in [0.2, 0.25) is 0 Å². The zero-order chi connectivity index (χ0) is 17.4. The number of benzene rings is 1. The second-order valence-electron chi connectivity index (χ2n) is 8.14. The van der Waals surface area contributed by atoms with Gasteiger partial charge in [-0.05, 0) is 38.2 Å². The van der Waals surface area contributed by atoms with Gasteiger partial charge in [-0.25, -0.2) is 0 Å². The zero-order valence-electron chi connectivity index (χ0n) is 15.1. The van der Waals surface area contributed by atoms with E-state index in [-0.39, 0.29) is 23.4 Å². The quantitative estimate of drug-likeness (QED) is 0.846. The van der Waals surface area contributed by atoms with Gasteiger partial charge in [-0.2, -0.15) is 0 Å².